The topological polar surface area (TPSA) is 57.8 Å². The Balaban J connectivity index is 2.23. The summed E-state index contributed by atoms with van der Waals surface area (Å²) in [5.74, 6) is -0.146. The first-order valence-corrected chi connectivity index (χ1v) is 5.95. The van der Waals surface area contributed by atoms with E-state index in [1.54, 1.807) is 6.92 Å². The van der Waals surface area contributed by atoms with Crippen LogP contribution in [0.5, 0.6) is 0 Å². The molecule has 0 atom stereocenters. The van der Waals surface area contributed by atoms with Crippen LogP contribution in [0.15, 0.2) is 28.7 Å². The minimum Gasteiger partial charge on any atom is -0.322 e. The molecule has 0 saturated heterocycles. The third kappa shape index (κ3) is 2.55. The van der Waals surface area contributed by atoms with Crippen LogP contribution in [-0.2, 0) is 0 Å². The second-order valence-electron chi connectivity index (χ2n) is 3.77. The zero-order valence-corrected chi connectivity index (χ0v) is 11.1. The standard InChI is InChI=1S/C12H12BrN3O/c1-7-11(8(2)16-15-7)12(17)14-10-5-3-4-9(13)6-10/h3-6H,1-2H3,(H,14,17)(H,15,16). The largest absolute Gasteiger partial charge is 0.322 e. The minimum atomic E-state index is -0.146. The van der Waals surface area contributed by atoms with Gasteiger partial charge < -0.3 is 5.32 Å². The van der Waals surface area contributed by atoms with Gasteiger partial charge in [-0.3, -0.25) is 9.89 Å². The average Bonchev–Trinajstić information content (AvgIpc) is 2.58. The van der Waals surface area contributed by atoms with Crippen LogP contribution in [0.2, 0.25) is 0 Å². The molecule has 1 heterocycles. The predicted molar refractivity (Wildman–Crippen MR) is 70.2 cm³/mol. The lowest BCUT2D eigenvalue weighted by Crippen LogP contribution is -2.13. The van der Waals surface area contributed by atoms with E-state index in [1.165, 1.54) is 0 Å². The minimum absolute atomic E-state index is 0.146. The quantitative estimate of drug-likeness (QED) is 0.894. The summed E-state index contributed by atoms with van der Waals surface area (Å²) in [7, 11) is 0. The molecule has 2 N–H and O–H groups in total. The third-order valence-corrected chi connectivity index (χ3v) is 2.93. The van der Waals surface area contributed by atoms with Crippen LogP contribution in [0.1, 0.15) is 21.7 Å². The number of hydrogen-bond acceptors (Lipinski definition) is 2. The Bertz CT molecular complexity index is 543. The molecule has 0 radical (unpaired) electrons. The average molecular weight is 294 g/mol. The molecule has 1 aromatic carbocycles. The molecule has 0 aliphatic heterocycles. The van der Waals surface area contributed by atoms with Crippen LogP contribution in [0, 0.1) is 13.8 Å². The van der Waals surface area contributed by atoms with Crippen molar-refractivity contribution < 1.29 is 4.79 Å². The van der Waals surface area contributed by atoms with Gasteiger partial charge in [0.25, 0.3) is 5.91 Å². The van der Waals surface area contributed by atoms with E-state index in [9.17, 15) is 4.79 Å². The Labute approximate surface area is 108 Å². The second-order valence-corrected chi connectivity index (χ2v) is 4.69. The number of carbonyl (C=O) groups excluding carboxylic acids is 1. The highest BCUT2D eigenvalue weighted by atomic mass is 79.9. The molecule has 0 bridgehead atoms. The molecule has 5 heteroatoms. The molecule has 4 nitrogen and oxygen atoms in total. The van der Waals surface area contributed by atoms with Gasteiger partial charge in [-0.2, -0.15) is 5.10 Å². The molecule has 1 aromatic heterocycles. The fraction of sp³-hybridized carbons (Fsp3) is 0.167. The van der Waals surface area contributed by atoms with Gasteiger partial charge >= 0.3 is 0 Å². The van der Waals surface area contributed by atoms with Crippen molar-refractivity contribution in [3.63, 3.8) is 0 Å². The highest BCUT2D eigenvalue weighted by Gasteiger charge is 2.15. The molecular weight excluding hydrogens is 282 g/mol. The lowest BCUT2D eigenvalue weighted by atomic mass is 10.2. The summed E-state index contributed by atoms with van der Waals surface area (Å²) >= 11 is 3.36. The van der Waals surface area contributed by atoms with Gasteiger partial charge in [0.2, 0.25) is 0 Å². The number of benzene rings is 1. The summed E-state index contributed by atoms with van der Waals surface area (Å²) in [4.78, 5) is 12.0. The van der Waals surface area contributed by atoms with Crippen LogP contribution < -0.4 is 5.32 Å². The fourth-order valence-electron chi connectivity index (χ4n) is 1.65. The Morgan fingerprint density at radius 2 is 2.18 bits per heavy atom. The monoisotopic (exact) mass is 293 g/mol. The molecular formula is C12H12BrN3O. The SMILES string of the molecule is Cc1n[nH]c(C)c1C(=O)Nc1cccc(Br)c1. The molecule has 88 valence electrons. The molecule has 2 aromatic rings. The molecule has 0 fully saturated rings. The zero-order valence-electron chi connectivity index (χ0n) is 9.54. The van der Waals surface area contributed by atoms with Gasteiger partial charge in [-0.15, -0.1) is 0 Å². The molecule has 1 amide bonds. The maximum Gasteiger partial charge on any atom is 0.259 e. The first-order chi connectivity index (χ1) is 8.08. The number of aromatic nitrogens is 2. The van der Waals surface area contributed by atoms with Gasteiger partial charge in [-0.1, -0.05) is 22.0 Å². The summed E-state index contributed by atoms with van der Waals surface area (Å²) in [6.45, 7) is 3.63. The number of aryl methyl sites for hydroxylation is 2. The maximum absolute atomic E-state index is 12.0. The maximum atomic E-state index is 12.0. The normalized spacial score (nSPS) is 10.3. The van der Waals surface area contributed by atoms with E-state index in [0.717, 1.165) is 15.9 Å². The van der Waals surface area contributed by atoms with E-state index < -0.39 is 0 Å². The first kappa shape index (κ1) is 11.9. The van der Waals surface area contributed by atoms with Gasteiger partial charge in [0.1, 0.15) is 0 Å². The fourth-order valence-corrected chi connectivity index (χ4v) is 2.04. The zero-order chi connectivity index (χ0) is 12.4. The van der Waals surface area contributed by atoms with Crippen molar-refractivity contribution in [2.24, 2.45) is 0 Å². The van der Waals surface area contributed by atoms with Crippen molar-refractivity contribution in [2.45, 2.75) is 13.8 Å². The van der Waals surface area contributed by atoms with Gasteiger partial charge in [-0.05, 0) is 32.0 Å². The number of rotatable bonds is 2. The van der Waals surface area contributed by atoms with Crippen LogP contribution in [-0.4, -0.2) is 16.1 Å². The van der Waals surface area contributed by atoms with E-state index in [2.05, 4.69) is 31.4 Å². The van der Waals surface area contributed by atoms with E-state index in [-0.39, 0.29) is 5.91 Å². The van der Waals surface area contributed by atoms with Crippen molar-refractivity contribution in [1.82, 2.24) is 10.2 Å². The lowest BCUT2D eigenvalue weighted by Gasteiger charge is -2.05. The Morgan fingerprint density at radius 1 is 1.41 bits per heavy atom. The van der Waals surface area contributed by atoms with Crippen molar-refractivity contribution in [3.8, 4) is 0 Å². The Kier molecular flexibility index (Phi) is 3.28. The number of carbonyl (C=O) groups is 1. The van der Waals surface area contributed by atoms with Crippen molar-refractivity contribution in [1.29, 1.82) is 0 Å². The summed E-state index contributed by atoms with van der Waals surface area (Å²) < 4.78 is 0.927. The van der Waals surface area contributed by atoms with Crippen LogP contribution in [0.25, 0.3) is 0 Å². The van der Waals surface area contributed by atoms with Gasteiger partial charge in [0, 0.05) is 15.9 Å². The number of H-pyrrole nitrogens is 1. The van der Waals surface area contributed by atoms with Crippen molar-refractivity contribution >= 4 is 27.5 Å². The molecule has 17 heavy (non-hydrogen) atoms. The number of amides is 1. The van der Waals surface area contributed by atoms with Crippen molar-refractivity contribution in [3.05, 3.63) is 45.7 Å². The summed E-state index contributed by atoms with van der Waals surface area (Å²) in [5, 5.41) is 9.63. The summed E-state index contributed by atoms with van der Waals surface area (Å²) in [5.41, 5.74) is 2.83. The number of nitrogens with one attached hydrogen (secondary N) is 2. The van der Waals surface area contributed by atoms with Gasteiger partial charge in [0.05, 0.1) is 11.3 Å². The van der Waals surface area contributed by atoms with E-state index in [0.29, 0.717) is 11.3 Å². The predicted octanol–water partition coefficient (Wildman–Crippen LogP) is 3.04. The van der Waals surface area contributed by atoms with Gasteiger partial charge in [-0.25, -0.2) is 0 Å². The molecule has 0 aliphatic rings. The number of nitrogens with zero attached hydrogens (tertiary/aromatic N) is 1. The van der Waals surface area contributed by atoms with E-state index >= 15 is 0 Å². The second kappa shape index (κ2) is 4.71. The van der Waals surface area contributed by atoms with E-state index in [4.69, 9.17) is 0 Å². The molecule has 2 rings (SSSR count). The smallest absolute Gasteiger partial charge is 0.259 e. The van der Waals surface area contributed by atoms with Crippen LogP contribution >= 0.6 is 15.9 Å². The van der Waals surface area contributed by atoms with Crippen LogP contribution in [0.3, 0.4) is 0 Å². The lowest BCUT2D eigenvalue weighted by molar-refractivity contribution is 0.102. The van der Waals surface area contributed by atoms with Crippen molar-refractivity contribution in [2.75, 3.05) is 5.32 Å². The first-order valence-electron chi connectivity index (χ1n) is 5.16. The number of halogens is 1. The number of hydrogen-bond donors (Lipinski definition) is 2. The highest BCUT2D eigenvalue weighted by Crippen LogP contribution is 2.17. The molecule has 0 unspecified atom stereocenters. The number of aromatic amines is 1. The molecule has 0 spiro atoms. The Hall–Kier alpha value is -1.62. The third-order valence-electron chi connectivity index (χ3n) is 2.44. The number of anilines is 1. The summed E-state index contributed by atoms with van der Waals surface area (Å²) in [6, 6.07) is 7.47. The van der Waals surface area contributed by atoms with Crippen LogP contribution in [0.4, 0.5) is 5.69 Å². The Morgan fingerprint density at radius 3 is 2.76 bits per heavy atom. The van der Waals surface area contributed by atoms with E-state index in [1.807, 2.05) is 31.2 Å². The van der Waals surface area contributed by atoms with Gasteiger partial charge in [0.15, 0.2) is 0 Å². The highest BCUT2D eigenvalue weighted by molar-refractivity contribution is 9.10. The molecule has 0 saturated carbocycles. The summed E-state index contributed by atoms with van der Waals surface area (Å²) in [6.07, 6.45) is 0. The molecule has 0 aliphatic carbocycles.